The third-order valence-corrected chi connectivity index (χ3v) is 6.12. The number of hydrogen-bond donors (Lipinski definition) is 0. The molecule has 0 N–H and O–H groups in total. The van der Waals surface area contributed by atoms with Gasteiger partial charge in [0.05, 0.1) is 21.4 Å². The number of thioether (sulfide) groups is 1. The molecule has 132 valence electrons. The summed E-state index contributed by atoms with van der Waals surface area (Å²) in [5.74, 6) is 0.756. The van der Waals surface area contributed by atoms with Crippen LogP contribution in [0.4, 0.5) is 13.2 Å². The number of aromatic nitrogens is 3. The molecule has 10 heteroatoms. The summed E-state index contributed by atoms with van der Waals surface area (Å²) in [5, 5.41) is 7.84. The number of alkyl halides is 3. The molecule has 25 heavy (non-hydrogen) atoms. The molecule has 0 aliphatic carbocycles. The molecule has 0 amide bonds. The van der Waals surface area contributed by atoms with Crippen LogP contribution in [0.2, 0.25) is 5.02 Å². The maximum atomic E-state index is 12.9. The SMILES string of the molecule is O=[S@](CCSc1nnc2c(Cl)cc(C(F)(F)F)cn12)c1ccccc1. The lowest BCUT2D eigenvalue weighted by molar-refractivity contribution is -0.137. The van der Waals surface area contributed by atoms with Crippen LogP contribution in [0.15, 0.2) is 52.6 Å². The van der Waals surface area contributed by atoms with Gasteiger partial charge >= 0.3 is 6.18 Å². The van der Waals surface area contributed by atoms with Crippen molar-refractivity contribution in [3.05, 3.63) is 53.2 Å². The molecule has 0 spiro atoms. The average molecular weight is 406 g/mol. The average Bonchev–Trinajstić information content (AvgIpc) is 2.98. The Bertz CT molecular complexity index is 916. The Morgan fingerprint density at radius 1 is 1.20 bits per heavy atom. The second-order valence-electron chi connectivity index (χ2n) is 4.96. The molecule has 0 aliphatic heterocycles. The van der Waals surface area contributed by atoms with Crippen LogP contribution in [0.3, 0.4) is 0 Å². The van der Waals surface area contributed by atoms with Gasteiger partial charge in [0.25, 0.3) is 0 Å². The Balaban J connectivity index is 1.76. The molecule has 3 rings (SSSR count). The van der Waals surface area contributed by atoms with Crippen LogP contribution < -0.4 is 0 Å². The number of benzene rings is 1. The lowest BCUT2D eigenvalue weighted by Gasteiger charge is -2.08. The minimum absolute atomic E-state index is 0.123. The summed E-state index contributed by atoms with van der Waals surface area (Å²) in [4.78, 5) is 0.705. The second kappa shape index (κ2) is 7.35. The van der Waals surface area contributed by atoms with Crippen LogP contribution in [-0.4, -0.2) is 30.3 Å². The van der Waals surface area contributed by atoms with Crippen molar-refractivity contribution in [2.24, 2.45) is 0 Å². The quantitative estimate of drug-likeness (QED) is 0.594. The third kappa shape index (κ3) is 4.16. The van der Waals surface area contributed by atoms with Gasteiger partial charge in [-0.25, -0.2) is 0 Å². The fraction of sp³-hybridized carbons (Fsp3) is 0.200. The molecule has 1 aromatic carbocycles. The van der Waals surface area contributed by atoms with E-state index in [1.165, 1.54) is 16.2 Å². The van der Waals surface area contributed by atoms with Gasteiger partial charge in [0.1, 0.15) is 0 Å². The maximum Gasteiger partial charge on any atom is 0.417 e. The lowest BCUT2D eigenvalue weighted by atomic mass is 10.3. The van der Waals surface area contributed by atoms with Crippen LogP contribution >= 0.6 is 23.4 Å². The zero-order chi connectivity index (χ0) is 18.0. The maximum absolute atomic E-state index is 12.9. The van der Waals surface area contributed by atoms with Gasteiger partial charge < -0.3 is 0 Å². The first-order valence-corrected chi connectivity index (χ1v) is 9.72. The van der Waals surface area contributed by atoms with Crippen molar-refractivity contribution in [3.8, 4) is 0 Å². The zero-order valence-corrected chi connectivity index (χ0v) is 14.9. The summed E-state index contributed by atoms with van der Waals surface area (Å²) in [7, 11) is -1.19. The van der Waals surface area contributed by atoms with Crippen LogP contribution in [-0.2, 0) is 17.0 Å². The molecule has 0 unspecified atom stereocenters. The Kier molecular flexibility index (Phi) is 5.35. The molecule has 2 aromatic heterocycles. The highest BCUT2D eigenvalue weighted by molar-refractivity contribution is 8.00. The first-order valence-electron chi connectivity index (χ1n) is 7.04. The summed E-state index contributed by atoms with van der Waals surface area (Å²) in [6.45, 7) is 0. The number of hydrogen-bond acceptors (Lipinski definition) is 4. The van der Waals surface area contributed by atoms with E-state index in [1.807, 2.05) is 6.07 Å². The van der Waals surface area contributed by atoms with Gasteiger partial charge in [0, 0.05) is 22.6 Å². The highest BCUT2D eigenvalue weighted by Crippen LogP contribution is 2.33. The predicted octanol–water partition coefficient (Wildman–Crippen LogP) is 4.30. The number of nitrogens with zero attached hydrogens (tertiary/aromatic N) is 3. The van der Waals surface area contributed by atoms with Crippen molar-refractivity contribution in [1.29, 1.82) is 0 Å². The molecule has 2 heterocycles. The summed E-state index contributed by atoms with van der Waals surface area (Å²) in [6.07, 6.45) is -3.60. The van der Waals surface area contributed by atoms with E-state index in [0.717, 1.165) is 12.3 Å². The normalized spacial score (nSPS) is 13.3. The van der Waals surface area contributed by atoms with Gasteiger partial charge in [-0.3, -0.25) is 8.61 Å². The van der Waals surface area contributed by atoms with Crippen LogP contribution in [0.5, 0.6) is 0 Å². The van der Waals surface area contributed by atoms with Crippen LogP contribution in [0, 0.1) is 0 Å². The number of halogens is 4. The predicted molar refractivity (Wildman–Crippen MR) is 91.4 cm³/mol. The largest absolute Gasteiger partial charge is 0.417 e. The van der Waals surface area contributed by atoms with E-state index in [9.17, 15) is 17.4 Å². The second-order valence-corrected chi connectivity index (χ2v) is 8.00. The molecular formula is C15H11ClF3N3OS2. The van der Waals surface area contributed by atoms with Gasteiger partial charge in [0.15, 0.2) is 10.8 Å². The Morgan fingerprint density at radius 3 is 2.60 bits per heavy atom. The molecule has 0 bridgehead atoms. The molecule has 0 saturated heterocycles. The monoisotopic (exact) mass is 405 g/mol. The summed E-state index contributed by atoms with van der Waals surface area (Å²) >= 11 is 7.04. The van der Waals surface area contributed by atoms with E-state index in [-0.39, 0.29) is 15.8 Å². The Morgan fingerprint density at radius 2 is 1.92 bits per heavy atom. The highest BCUT2D eigenvalue weighted by atomic mass is 35.5. The first kappa shape index (κ1) is 18.2. The molecule has 0 radical (unpaired) electrons. The standard InChI is InChI=1S/C15H11ClF3N3OS2/c16-12-8-10(15(17,18)19)9-22-13(12)20-21-14(22)24-6-7-25(23)11-4-2-1-3-5-11/h1-5,8-9H,6-7H2/t25-/m1/s1. The molecule has 3 aromatic rings. The van der Waals surface area contributed by atoms with Crippen molar-refractivity contribution in [1.82, 2.24) is 14.6 Å². The fourth-order valence-corrected chi connectivity index (χ4v) is 4.53. The topological polar surface area (TPSA) is 47.3 Å². The Labute approximate surface area is 152 Å². The zero-order valence-electron chi connectivity index (χ0n) is 12.5. The van der Waals surface area contributed by atoms with E-state index in [1.54, 1.807) is 24.3 Å². The van der Waals surface area contributed by atoms with Gasteiger partial charge in [-0.15, -0.1) is 10.2 Å². The minimum atomic E-state index is -4.52. The number of pyridine rings is 1. The molecular weight excluding hydrogens is 395 g/mol. The number of fused-ring (bicyclic) bond motifs is 1. The van der Waals surface area contributed by atoms with Crippen molar-refractivity contribution < 1.29 is 17.4 Å². The molecule has 1 atom stereocenters. The lowest BCUT2D eigenvalue weighted by Crippen LogP contribution is -2.07. The fourth-order valence-electron chi connectivity index (χ4n) is 2.09. The van der Waals surface area contributed by atoms with Gasteiger partial charge in [-0.05, 0) is 18.2 Å². The van der Waals surface area contributed by atoms with Crippen LogP contribution in [0.25, 0.3) is 5.65 Å². The summed E-state index contributed by atoms with van der Waals surface area (Å²) in [5.41, 5.74) is -0.721. The summed E-state index contributed by atoms with van der Waals surface area (Å²) < 4.78 is 52.1. The van der Waals surface area contributed by atoms with E-state index in [2.05, 4.69) is 10.2 Å². The molecule has 0 fully saturated rings. The van der Waals surface area contributed by atoms with E-state index >= 15 is 0 Å². The van der Waals surface area contributed by atoms with E-state index in [4.69, 9.17) is 11.6 Å². The van der Waals surface area contributed by atoms with E-state index in [0.29, 0.717) is 16.4 Å². The highest BCUT2D eigenvalue weighted by Gasteiger charge is 2.32. The van der Waals surface area contributed by atoms with Gasteiger partial charge in [-0.2, -0.15) is 13.2 Å². The minimum Gasteiger partial charge on any atom is -0.276 e. The first-order chi connectivity index (χ1) is 11.9. The van der Waals surface area contributed by atoms with Gasteiger partial charge in [-0.1, -0.05) is 41.6 Å². The van der Waals surface area contributed by atoms with Gasteiger partial charge in [0.2, 0.25) is 0 Å². The smallest absolute Gasteiger partial charge is 0.276 e. The third-order valence-electron chi connectivity index (χ3n) is 3.26. The van der Waals surface area contributed by atoms with E-state index < -0.39 is 22.5 Å². The van der Waals surface area contributed by atoms with Crippen molar-refractivity contribution in [3.63, 3.8) is 0 Å². The van der Waals surface area contributed by atoms with Crippen molar-refractivity contribution in [2.75, 3.05) is 11.5 Å². The number of rotatable bonds is 5. The molecule has 0 aliphatic rings. The van der Waals surface area contributed by atoms with Crippen molar-refractivity contribution >= 4 is 39.8 Å². The summed E-state index contributed by atoms with van der Waals surface area (Å²) in [6, 6.07) is 9.79. The molecule has 0 saturated carbocycles. The molecule has 4 nitrogen and oxygen atoms in total. The van der Waals surface area contributed by atoms with Crippen LogP contribution in [0.1, 0.15) is 5.56 Å². The Hall–Kier alpha value is -1.58. The van der Waals surface area contributed by atoms with Crippen molar-refractivity contribution in [2.45, 2.75) is 16.2 Å².